The lowest BCUT2D eigenvalue weighted by atomic mass is 10.1. The number of hydrogen-bond donors (Lipinski definition) is 4. The number of benzene rings is 2. The second-order valence-electron chi connectivity index (χ2n) is 8.83. The lowest BCUT2D eigenvalue weighted by molar-refractivity contribution is 0.474. The first-order valence-corrected chi connectivity index (χ1v) is 11.8. The van der Waals surface area contributed by atoms with Crippen LogP contribution in [0.5, 0.6) is 11.5 Å². The van der Waals surface area contributed by atoms with E-state index < -0.39 is 0 Å². The summed E-state index contributed by atoms with van der Waals surface area (Å²) in [5.74, 6) is 0.834. The van der Waals surface area contributed by atoms with Crippen LogP contribution in [0.15, 0.2) is 65.9 Å². The highest BCUT2D eigenvalue weighted by molar-refractivity contribution is 6.06. The molecule has 1 aliphatic rings. The van der Waals surface area contributed by atoms with Gasteiger partial charge < -0.3 is 21.3 Å². The first-order chi connectivity index (χ1) is 16.5. The molecule has 7 heteroatoms. The molecule has 2 aromatic carbocycles. The number of anilines is 1. The maximum absolute atomic E-state index is 9.84. The van der Waals surface area contributed by atoms with Crippen LogP contribution in [0.25, 0.3) is 16.6 Å². The van der Waals surface area contributed by atoms with Gasteiger partial charge in [0.15, 0.2) is 0 Å². The fraction of sp³-hybridized carbons (Fsp3) is 0.259. The quantitative estimate of drug-likeness (QED) is 0.231. The Morgan fingerprint density at radius 1 is 1.06 bits per heavy atom. The van der Waals surface area contributed by atoms with Crippen LogP contribution in [-0.2, 0) is 6.42 Å². The van der Waals surface area contributed by atoms with Crippen molar-refractivity contribution in [3.63, 3.8) is 0 Å². The number of aryl methyl sites for hydroxylation is 1. The number of amidine groups is 1. The Morgan fingerprint density at radius 3 is 2.53 bits per heavy atom. The van der Waals surface area contributed by atoms with Gasteiger partial charge in [-0.25, -0.2) is 9.51 Å². The molecular formula is C27H29N5O2. The van der Waals surface area contributed by atoms with Crippen molar-refractivity contribution >= 4 is 22.7 Å². The Bertz CT molecular complexity index is 1350. The van der Waals surface area contributed by atoms with Gasteiger partial charge in [0.05, 0.1) is 28.7 Å². The van der Waals surface area contributed by atoms with E-state index in [0.29, 0.717) is 11.9 Å². The Balaban J connectivity index is 1.62. The highest BCUT2D eigenvalue weighted by Gasteiger charge is 2.21. The van der Waals surface area contributed by atoms with Gasteiger partial charge in [0.25, 0.3) is 0 Å². The summed E-state index contributed by atoms with van der Waals surface area (Å²) in [4.78, 5) is 4.72. The minimum absolute atomic E-state index is 0.219. The number of phenolic OH excluding ortho intramolecular Hbond substituents is 2. The van der Waals surface area contributed by atoms with Gasteiger partial charge in [0.2, 0.25) is 0 Å². The van der Waals surface area contributed by atoms with Crippen LogP contribution >= 0.6 is 0 Å². The molecule has 0 amide bonds. The van der Waals surface area contributed by atoms with Gasteiger partial charge in [0.1, 0.15) is 17.3 Å². The molecule has 1 fully saturated rings. The van der Waals surface area contributed by atoms with Crippen molar-refractivity contribution in [3.05, 3.63) is 72.1 Å². The zero-order chi connectivity index (χ0) is 23.7. The monoisotopic (exact) mass is 455 g/mol. The molecule has 0 radical (unpaired) electrons. The standard InChI is InChI=1S/C27H29N5O2/c1-2-17-13-22(34)11-12-24(17)31-27(28)23-15-29-32-16-19(18-7-9-21(33)10-8-18)14-25(32)26(23)30-20-5-3-4-6-20/h7-16,20,30,33-34H,2-6H2,1H3,(H2,28,31). The van der Waals surface area contributed by atoms with Crippen molar-refractivity contribution in [1.29, 1.82) is 0 Å². The fourth-order valence-electron chi connectivity index (χ4n) is 4.64. The maximum Gasteiger partial charge on any atom is 0.135 e. The number of hydrogen-bond acceptors (Lipinski definition) is 5. The molecule has 2 aromatic heterocycles. The summed E-state index contributed by atoms with van der Waals surface area (Å²) in [7, 11) is 0. The van der Waals surface area contributed by atoms with Gasteiger partial charge in [-0.05, 0) is 66.8 Å². The second kappa shape index (κ2) is 9.09. The van der Waals surface area contributed by atoms with E-state index in [-0.39, 0.29) is 11.5 Å². The van der Waals surface area contributed by atoms with Crippen molar-refractivity contribution in [1.82, 2.24) is 9.61 Å². The van der Waals surface area contributed by atoms with Crippen molar-refractivity contribution in [2.75, 3.05) is 5.32 Å². The fourth-order valence-corrected chi connectivity index (χ4v) is 4.64. The maximum atomic E-state index is 9.84. The molecule has 5 N–H and O–H groups in total. The number of nitrogens with two attached hydrogens (primary N) is 1. The second-order valence-corrected chi connectivity index (χ2v) is 8.83. The molecule has 1 aliphatic carbocycles. The van der Waals surface area contributed by atoms with Crippen LogP contribution in [-0.4, -0.2) is 31.7 Å². The molecule has 0 saturated heterocycles. The third-order valence-electron chi connectivity index (χ3n) is 6.50. The van der Waals surface area contributed by atoms with E-state index in [0.717, 1.165) is 58.4 Å². The lowest BCUT2D eigenvalue weighted by Crippen LogP contribution is -2.22. The van der Waals surface area contributed by atoms with Crippen LogP contribution < -0.4 is 11.1 Å². The lowest BCUT2D eigenvalue weighted by Gasteiger charge is -2.18. The molecule has 5 rings (SSSR count). The average Bonchev–Trinajstić information content (AvgIpc) is 3.51. The molecule has 4 aromatic rings. The largest absolute Gasteiger partial charge is 0.508 e. The SMILES string of the molecule is CCc1cc(O)ccc1/N=C(\N)c1cnn2cc(-c3ccc(O)cc3)cc2c1NC1CCCC1. The number of aromatic nitrogens is 2. The van der Waals surface area contributed by atoms with Gasteiger partial charge >= 0.3 is 0 Å². The van der Waals surface area contributed by atoms with Crippen LogP contribution in [0.4, 0.5) is 11.4 Å². The molecule has 174 valence electrons. The predicted molar refractivity (Wildman–Crippen MR) is 136 cm³/mol. The zero-order valence-electron chi connectivity index (χ0n) is 19.2. The summed E-state index contributed by atoms with van der Waals surface area (Å²) in [5, 5.41) is 27.8. The number of aliphatic imine (C=N–C) groups is 1. The van der Waals surface area contributed by atoms with Gasteiger partial charge in [-0.3, -0.25) is 0 Å². The summed E-state index contributed by atoms with van der Waals surface area (Å²) in [5.41, 5.74) is 12.8. The van der Waals surface area contributed by atoms with E-state index >= 15 is 0 Å². The molecule has 0 atom stereocenters. The predicted octanol–water partition coefficient (Wildman–Crippen LogP) is 5.37. The summed E-state index contributed by atoms with van der Waals surface area (Å²) in [6.45, 7) is 2.02. The molecule has 1 saturated carbocycles. The Labute approximate surface area is 198 Å². The summed E-state index contributed by atoms with van der Waals surface area (Å²) in [6.07, 6.45) is 9.14. The first-order valence-electron chi connectivity index (χ1n) is 11.8. The molecule has 0 aliphatic heterocycles. The van der Waals surface area contributed by atoms with Crippen LogP contribution in [0.3, 0.4) is 0 Å². The highest BCUT2D eigenvalue weighted by Crippen LogP contribution is 2.33. The number of phenols is 2. The van der Waals surface area contributed by atoms with Gasteiger partial charge in [-0.2, -0.15) is 5.10 Å². The molecule has 7 nitrogen and oxygen atoms in total. The summed E-state index contributed by atoms with van der Waals surface area (Å²) in [6, 6.07) is 14.8. The van der Waals surface area contributed by atoms with Gasteiger partial charge in [-0.1, -0.05) is 31.9 Å². The average molecular weight is 456 g/mol. The molecule has 0 bridgehead atoms. The number of nitrogens with zero attached hydrogens (tertiary/aromatic N) is 3. The Hall–Kier alpha value is -4.00. The Kier molecular flexibility index (Phi) is 5.84. The van der Waals surface area contributed by atoms with Gasteiger partial charge in [-0.15, -0.1) is 0 Å². The minimum atomic E-state index is 0.219. The van der Waals surface area contributed by atoms with E-state index in [4.69, 9.17) is 10.7 Å². The van der Waals surface area contributed by atoms with Gasteiger partial charge in [0, 0.05) is 17.8 Å². The summed E-state index contributed by atoms with van der Waals surface area (Å²) < 4.78 is 1.86. The molecule has 2 heterocycles. The minimum Gasteiger partial charge on any atom is -0.508 e. The molecule has 0 unspecified atom stereocenters. The normalized spacial score (nSPS) is 14.7. The van der Waals surface area contributed by atoms with E-state index in [1.807, 2.05) is 29.8 Å². The van der Waals surface area contributed by atoms with E-state index in [9.17, 15) is 10.2 Å². The van der Waals surface area contributed by atoms with E-state index in [1.165, 1.54) is 12.8 Å². The van der Waals surface area contributed by atoms with Crippen molar-refractivity contribution < 1.29 is 10.2 Å². The Morgan fingerprint density at radius 2 is 1.79 bits per heavy atom. The van der Waals surface area contributed by atoms with Crippen molar-refractivity contribution in [3.8, 4) is 22.6 Å². The third-order valence-corrected chi connectivity index (χ3v) is 6.50. The van der Waals surface area contributed by atoms with E-state index in [1.54, 1.807) is 36.5 Å². The summed E-state index contributed by atoms with van der Waals surface area (Å²) >= 11 is 0. The highest BCUT2D eigenvalue weighted by atomic mass is 16.3. The zero-order valence-corrected chi connectivity index (χ0v) is 19.2. The molecule has 34 heavy (non-hydrogen) atoms. The number of fused-ring (bicyclic) bond motifs is 1. The van der Waals surface area contributed by atoms with Crippen LogP contribution in [0.2, 0.25) is 0 Å². The molecular weight excluding hydrogens is 426 g/mol. The van der Waals surface area contributed by atoms with Crippen LogP contribution in [0, 0.1) is 0 Å². The first kappa shape index (κ1) is 21.8. The number of rotatable bonds is 6. The molecule has 0 spiro atoms. The number of nitrogens with one attached hydrogen (secondary N) is 1. The van der Waals surface area contributed by atoms with Crippen molar-refractivity contribution in [2.24, 2.45) is 10.7 Å². The number of aromatic hydroxyl groups is 2. The van der Waals surface area contributed by atoms with Crippen LogP contribution in [0.1, 0.15) is 43.7 Å². The van der Waals surface area contributed by atoms with Crippen molar-refractivity contribution in [2.45, 2.75) is 45.1 Å². The topological polar surface area (TPSA) is 108 Å². The third kappa shape index (κ3) is 4.29. The smallest absolute Gasteiger partial charge is 0.135 e. The van der Waals surface area contributed by atoms with E-state index in [2.05, 4.69) is 16.5 Å².